The molecule has 0 aliphatic heterocycles. The molecule has 0 spiro atoms. The van der Waals surface area contributed by atoms with Gasteiger partial charge in [-0.2, -0.15) is 0 Å². The lowest BCUT2D eigenvalue weighted by Crippen LogP contribution is -2.39. The van der Waals surface area contributed by atoms with Crippen LogP contribution in [0.5, 0.6) is 5.75 Å². The van der Waals surface area contributed by atoms with Crippen LogP contribution in [0.4, 0.5) is 0 Å². The summed E-state index contributed by atoms with van der Waals surface area (Å²) in [6.07, 6.45) is 0.394. The van der Waals surface area contributed by atoms with Gasteiger partial charge >= 0.3 is 0 Å². The molecule has 4 rings (SSSR count). The Balaban J connectivity index is 1.50. The molecule has 0 fully saturated rings. The molecule has 0 bridgehead atoms. The number of hydrogen-bond donors (Lipinski definition) is 3. The van der Waals surface area contributed by atoms with Crippen molar-refractivity contribution >= 4 is 5.91 Å². The van der Waals surface area contributed by atoms with Gasteiger partial charge in [-0.25, -0.2) is 0 Å². The molecule has 1 unspecified atom stereocenters. The van der Waals surface area contributed by atoms with Gasteiger partial charge in [0.05, 0.1) is 25.4 Å². The number of carbonyl (C=O) groups is 1. The fraction of sp³-hybridized carbons (Fsp3) is 0.321. The van der Waals surface area contributed by atoms with Crippen LogP contribution in [-0.4, -0.2) is 35.4 Å². The third kappa shape index (κ3) is 5.62. The summed E-state index contributed by atoms with van der Waals surface area (Å²) < 4.78 is 5.41. The number of benzene rings is 3. The highest BCUT2D eigenvalue weighted by atomic mass is 16.5. The Kier molecular flexibility index (Phi) is 7.43. The van der Waals surface area contributed by atoms with E-state index in [1.807, 2.05) is 78.9 Å². The SMILES string of the molecule is COc1ccccc1C[C@@H](O)C[C@@H](Cc1ccccc1)C(=O)NC1c2ccccc2C[C@H]1O. The van der Waals surface area contributed by atoms with Gasteiger partial charge in [-0.15, -0.1) is 0 Å². The number of fused-ring (bicyclic) bond motifs is 1. The van der Waals surface area contributed by atoms with Crippen molar-refractivity contribution in [3.8, 4) is 5.75 Å². The van der Waals surface area contributed by atoms with Gasteiger partial charge in [0.15, 0.2) is 0 Å². The van der Waals surface area contributed by atoms with E-state index in [0.717, 1.165) is 28.0 Å². The molecular formula is C28H31NO4. The molecule has 33 heavy (non-hydrogen) atoms. The molecule has 0 saturated carbocycles. The Hall–Kier alpha value is -3.15. The van der Waals surface area contributed by atoms with Crippen LogP contribution in [0, 0.1) is 5.92 Å². The Bertz CT molecular complexity index is 1070. The summed E-state index contributed by atoms with van der Waals surface area (Å²) in [5.41, 5.74) is 3.97. The quantitative estimate of drug-likeness (QED) is 0.470. The molecule has 0 saturated heterocycles. The number of ether oxygens (including phenoxy) is 1. The fourth-order valence-corrected chi connectivity index (χ4v) is 4.74. The highest BCUT2D eigenvalue weighted by molar-refractivity contribution is 5.79. The number of nitrogens with one attached hydrogen (secondary N) is 1. The van der Waals surface area contributed by atoms with Crippen LogP contribution < -0.4 is 10.1 Å². The van der Waals surface area contributed by atoms with Crippen LogP contribution >= 0.6 is 0 Å². The number of methoxy groups -OCH3 is 1. The third-order valence-corrected chi connectivity index (χ3v) is 6.40. The number of amides is 1. The number of rotatable bonds is 9. The summed E-state index contributed by atoms with van der Waals surface area (Å²) in [5.74, 6) is 0.141. The van der Waals surface area contributed by atoms with Gasteiger partial charge in [-0.1, -0.05) is 72.8 Å². The minimum atomic E-state index is -0.707. The average Bonchev–Trinajstić information content (AvgIpc) is 3.14. The number of para-hydroxylation sites is 1. The van der Waals surface area contributed by atoms with Crippen molar-refractivity contribution in [1.82, 2.24) is 5.32 Å². The maximum atomic E-state index is 13.4. The molecule has 1 aliphatic rings. The summed E-state index contributed by atoms with van der Waals surface area (Å²) in [5, 5.41) is 24.6. The normalized spacial score (nSPS) is 18.9. The summed E-state index contributed by atoms with van der Waals surface area (Å²) in [7, 11) is 1.61. The van der Waals surface area contributed by atoms with E-state index in [4.69, 9.17) is 4.74 Å². The standard InChI is InChI=1S/C28H31NO4/c1-33-26-14-8-6-12-21(26)16-23(30)17-22(15-19-9-3-2-4-10-19)28(32)29-27-24-13-7-5-11-20(24)18-25(27)31/h2-14,22-23,25,27,30-31H,15-18H2,1H3,(H,29,32)/t22-,23-,25-,27?/m1/s1. The van der Waals surface area contributed by atoms with Crippen LogP contribution in [0.3, 0.4) is 0 Å². The predicted molar refractivity (Wildman–Crippen MR) is 128 cm³/mol. The zero-order valence-corrected chi connectivity index (χ0v) is 18.9. The Morgan fingerprint density at radius 2 is 1.70 bits per heavy atom. The summed E-state index contributed by atoms with van der Waals surface area (Å²) in [4.78, 5) is 13.4. The lowest BCUT2D eigenvalue weighted by atomic mass is 9.90. The van der Waals surface area contributed by atoms with Gasteiger partial charge in [0.25, 0.3) is 0 Å². The first-order valence-corrected chi connectivity index (χ1v) is 11.4. The van der Waals surface area contributed by atoms with Crippen molar-refractivity contribution in [3.05, 3.63) is 101 Å². The molecule has 0 aromatic heterocycles. The van der Waals surface area contributed by atoms with Crippen molar-refractivity contribution < 1.29 is 19.7 Å². The van der Waals surface area contributed by atoms with E-state index in [1.54, 1.807) is 7.11 Å². The smallest absolute Gasteiger partial charge is 0.224 e. The van der Waals surface area contributed by atoms with E-state index < -0.39 is 24.2 Å². The van der Waals surface area contributed by atoms with Crippen LogP contribution in [0.2, 0.25) is 0 Å². The minimum Gasteiger partial charge on any atom is -0.496 e. The first kappa shape index (κ1) is 23.0. The highest BCUT2D eigenvalue weighted by Gasteiger charge is 2.34. The van der Waals surface area contributed by atoms with Gasteiger partial charge in [-0.05, 0) is 41.2 Å². The average molecular weight is 446 g/mol. The lowest BCUT2D eigenvalue weighted by molar-refractivity contribution is -0.127. The highest BCUT2D eigenvalue weighted by Crippen LogP contribution is 2.32. The Labute approximate surface area is 195 Å². The van der Waals surface area contributed by atoms with Crippen LogP contribution in [0.1, 0.15) is 34.7 Å². The minimum absolute atomic E-state index is 0.154. The zero-order valence-electron chi connectivity index (χ0n) is 18.9. The largest absolute Gasteiger partial charge is 0.496 e. The molecule has 1 amide bonds. The van der Waals surface area contributed by atoms with E-state index in [0.29, 0.717) is 25.7 Å². The number of hydrogen-bond acceptors (Lipinski definition) is 4. The monoisotopic (exact) mass is 445 g/mol. The predicted octanol–water partition coefficient (Wildman–Crippen LogP) is 3.62. The van der Waals surface area contributed by atoms with Crippen LogP contribution in [-0.2, 0) is 24.1 Å². The van der Waals surface area contributed by atoms with Crippen LogP contribution in [0.25, 0.3) is 0 Å². The molecular weight excluding hydrogens is 414 g/mol. The second kappa shape index (κ2) is 10.6. The molecule has 3 N–H and O–H groups in total. The van der Waals surface area contributed by atoms with Gasteiger partial charge < -0.3 is 20.3 Å². The number of aliphatic hydroxyl groups is 2. The van der Waals surface area contributed by atoms with Crippen LogP contribution in [0.15, 0.2) is 78.9 Å². The summed E-state index contributed by atoms with van der Waals surface area (Å²) >= 11 is 0. The molecule has 0 heterocycles. The maximum Gasteiger partial charge on any atom is 0.224 e. The van der Waals surface area contributed by atoms with E-state index in [9.17, 15) is 15.0 Å². The van der Waals surface area contributed by atoms with Gasteiger partial charge in [0, 0.05) is 18.8 Å². The van der Waals surface area contributed by atoms with E-state index in [2.05, 4.69) is 5.32 Å². The summed E-state index contributed by atoms with van der Waals surface area (Å²) in [6, 6.07) is 24.8. The molecule has 0 radical (unpaired) electrons. The molecule has 1 aliphatic carbocycles. The molecule has 4 atom stereocenters. The van der Waals surface area contributed by atoms with Crippen molar-refractivity contribution in [2.24, 2.45) is 5.92 Å². The fourth-order valence-electron chi connectivity index (χ4n) is 4.74. The molecule has 5 heteroatoms. The van der Waals surface area contributed by atoms with Crippen molar-refractivity contribution in [1.29, 1.82) is 0 Å². The number of aliphatic hydroxyl groups excluding tert-OH is 2. The van der Waals surface area contributed by atoms with Gasteiger partial charge in [-0.3, -0.25) is 4.79 Å². The Morgan fingerprint density at radius 1 is 1.00 bits per heavy atom. The second-order valence-corrected chi connectivity index (χ2v) is 8.75. The second-order valence-electron chi connectivity index (χ2n) is 8.75. The topological polar surface area (TPSA) is 78.8 Å². The van der Waals surface area contributed by atoms with Gasteiger partial charge in [0.1, 0.15) is 5.75 Å². The third-order valence-electron chi connectivity index (χ3n) is 6.40. The van der Waals surface area contributed by atoms with Crippen molar-refractivity contribution in [2.45, 2.75) is 43.9 Å². The van der Waals surface area contributed by atoms with Gasteiger partial charge in [0.2, 0.25) is 5.91 Å². The number of carbonyl (C=O) groups excluding carboxylic acids is 1. The zero-order chi connectivity index (χ0) is 23.2. The molecule has 172 valence electrons. The molecule has 3 aromatic rings. The Morgan fingerprint density at radius 3 is 2.48 bits per heavy atom. The van der Waals surface area contributed by atoms with Crippen molar-refractivity contribution in [3.63, 3.8) is 0 Å². The van der Waals surface area contributed by atoms with E-state index in [-0.39, 0.29) is 5.91 Å². The first-order chi connectivity index (χ1) is 16.0. The maximum absolute atomic E-state index is 13.4. The molecule has 3 aromatic carbocycles. The first-order valence-electron chi connectivity index (χ1n) is 11.4. The lowest BCUT2D eigenvalue weighted by Gasteiger charge is -2.24. The van der Waals surface area contributed by atoms with Crippen molar-refractivity contribution in [2.75, 3.05) is 7.11 Å². The van der Waals surface area contributed by atoms with E-state index >= 15 is 0 Å². The summed E-state index contributed by atoms with van der Waals surface area (Å²) in [6.45, 7) is 0. The van der Waals surface area contributed by atoms with E-state index in [1.165, 1.54) is 0 Å². The molecule has 5 nitrogen and oxygen atoms in total.